The minimum Gasteiger partial charge on any atom is -0.497 e. The Bertz CT molecular complexity index is 917. The van der Waals surface area contributed by atoms with Gasteiger partial charge in [0.15, 0.2) is 5.65 Å². The number of imidazole rings is 1. The summed E-state index contributed by atoms with van der Waals surface area (Å²) < 4.78 is 7.29. The maximum Gasteiger partial charge on any atom is 0.224 e. The molecule has 1 amide bonds. The number of hydrogen-bond acceptors (Lipinski definition) is 4. The van der Waals surface area contributed by atoms with E-state index in [1.165, 1.54) is 0 Å². The van der Waals surface area contributed by atoms with E-state index in [9.17, 15) is 4.79 Å². The fourth-order valence-corrected chi connectivity index (χ4v) is 3.09. The zero-order valence-electron chi connectivity index (χ0n) is 15.6. The number of rotatable bonds is 6. The summed E-state index contributed by atoms with van der Waals surface area (Å²) in [5.41, 5.74) is 2.59. The van der Waals surface area contributed by atoms with E-state index < -0.39 is 0 Å². The minimum absolute atomic E-state index is 0.0546. The maximum atomic E-state index is 12.5. The van der Waals surface area contributed by atoms with Gasteiger partial charge in [0.1, 0.15) is 17.1 Å². The molecule has 0 saturated heterocycles. The van der Waals surface area contributed by atoms with Crippen LogP contribution in [0.25, 0.3) is 11.2 Å². The van der Waals surface area contributed by atoms with Gasteiger partial charge in [-0.05, 0) is 50.6 Å². The third-order valence-electron chi connectivity index (χ3n) is 4.26. The van der Waals surface area contributed by atoms with Gasteiger partial charge in [-0.2, -0.15) is 0 Å². The SMILES string of the molecule is COc1cccc(CC(=O)NC(C)c2nc3cccnc3n2C(C)C)c1. The summed E-state index contributed by atoms with van der Waals surface area (Å²) in [4.78, 5) is 21.6. The molecular weight excluding hydrogens is 328 g/mol. The highest BCUT2D eigenvalue weighted by atomic mass is 16.5. The molecule has 0 saturated carbocycles. The molecule has 0 aliphatic heterocycles. The number of nitrogens with zero attached hydrogens (tertiary/aromatic N) is 3. The minimum atomic E-state index is -0.218. The molecule has 0 fully saturated rings. The molecule has 3 rings (SSSR count). The number of carbonyl (C=O) groups is 1. The Morgan fingerprint density at radius 2 is 2.04 bits per heavy atom. The number of pyridine rings is 1. The van der Waals surface area contributed by atoms with Crippen molar-refractivity contribution in [3.8, 4) is 5.75 Å². The van der Waals surface area contributed by atoms with Crippen LogP contribution in [0.2, 0.25) is 0 Å². The van der Waals surface area contributed by atoms with E-state index in [1.807, 2.05) is 43.3 Å². The Balaban J connectivity index is 1.79. The molecule has 0 spiro atoms. The second-order valence-corrected chi connectivity index (χ2v) is 6.60. The Hall–Kier alpha value is -2.89. The molecule has 1 atom stereocenters. The van der Waals surface area contributed by atoms with Gasteiger partial charge in [-0.3, -0.25) is 4.79 Å². The van der Waals surface area contributed by atoms with Gasteiger partial charge in [0, 0.05) is 12.2 Å². The fraction of sp³-hybridized carbons (Fsp3) is 0.350. The number of carbonyl (C=O) groups excluding carboxylic acids is 1. The van der Waals surface area contributed by atoms with Crippen LogP contribution in [0.3, 0.4) is 0 Å². The first kappa shape index (κ1) is 17.9. The van der Waals surface area contributed by atoms with Crippen molar-refractivity contribution in [2.45, 2.75) is 39.3 Å². The number of aromatic nitrogens is 3. The van der Waals surface area contributed by atoms with Crippen LogP contribution in [0.5, 0.6) is 5.75 Å². The average Bonchev–Trinajstić information content (AvgIpc) is 3.01. The first-order valence-electron chi connectivity index (χ1n) is 8.74. The molecule has 0 aliphatic rings. The second kappa shape index (κ2) is 7.56. The molecular formula is C20H24N4O2. The molecule has 0 radical (unpaired) electrons. The van der Waals surface area contributed by atoms with E-state index in [2.05, 4.69) is 33.7 Å². The van der Waals surface area contributed by atoms with Crippen molar-refractivity contribution in [1.29, 1.82) is 0 Å². The highest BCUT2D eigenvalue weighted by Crippen LogP contribution is 2.23. The van der Waals surface area contributed by atoms with E-state index >= 15 is 0 Å². The molecule has 136 valence electrons. The number of hydrogen-bond donors (Lipinski definition) is 1. The normalized spacial score (nSPS) is 12.3. The Morgan fingerprint density at radius 3 is 2.77 bits per heavy atom. The summed E-state index contributed by atoms with van der Waals surface area (Å²) >= 11 is 0. The van der Waals surface area contributed by atoms with Crippen molar-refractivity contribution in [2.75, 3.05) is 7.11 Å². The zero-order chi connectivity index (χ0) is 18.7. The molecule has 2 heterocycles. The monoisotopic (exact) mass is 352 g/mol. The second-order valence-electron chi connectivity index (χ2n) is 6.60. The van der Waals surface area contributed by atoms with Crippen molar-refractivity contribution < 1.29 is 9.53 Å². The molecule has 0 bridgehead atoms. The first-order valence-corrected chi connectivity index (χ1v) is 8.74. The lowest BCUT2D eigenvalue weighted by Gasteiger charge is -2.18. The van der Waals surface area contributed by atoms with Crippen molar-refractivity contribution in [3.63, 3.8) is 0 Å². The number of methoxy groups -OCH3 is 1. The van der Waals surface area contributed by atoms with E-state index in [0.717, 1.165) is 28.3 Å². The van der Waals surface area contributed by atoms with Gasteiger partial charge in [0.05, 0.1) is 19.6 Å². The third-order valence-corrected chi connectivity index (χ3v) is 4.26. The summed E-state index contributed by atoms with van der Waals surface area (Å²) in [5.74, 6) is 1.50. The van der Waals surface area contributed by atoms with Crippen LogP contribution in [0, 0.1) is 0 Å². The molecule has 0 aliphatic carbocycles. The van der Waals surface area contributed by atoms with Gasteiger partial charge in [0.2, 0.25) is 5.91 Å². The topological polar surface area (TPSA) is 69.0 Å². The lowest BCUT2D eigenvalue weighted by molar-refractivity contribution is -0.121. The highest BCUT2D eigenvalue weighted by Gasteiger charge is 2.20. The maximum absolute atomic E-state index is 12.5. The van der Waals surface area contributed by atoms with Crippen molar-refractivity contribution in [3.05, 3.63) is 54.0 Å². The molecule has 1 N–H and O–H groups in total. The third kappa shape index (κ3) is 3.69. The lowest BCUT2D eigenvalue weighted by Crippen LogP contribution is -2.30. The smallest absolute Gasteiger partial charge is 0.224 e. The number of nitrogens with one attached hydrogen (secondary N) is 1. The number of fused-ring (bicyclic) bond motifs is 1. The zero-order valence-corrected chi connectivity index (χ0v) is 15.6. The van der Waals surface area contributed by atoms with Crippen molar-refractivity contribution >= 4 is 17.1 Å². The van der Waals surface area contributed by atoms with Crippen LogP contribution < -0.4 is 10.1 Å². The summed E-state index contributed by atoms with van der Waals surface area (Å²) in [6.45, 7) is 6.12. The molecule has 2 aromatic heterocycles. The van der Waals surface area contributed by atoms with Crippen LogP contribution >= 0.6 is 0 Å². The Kier molecular flexibility index (Phi) is 5.21. The van der Waals surface area contributed by atoms with Crippen molar-refractivity contribution in [1.82, 2.24) is 19.9 Å². The highest BCUT2D eigenvalue weighted by molar-refractivity contribution is 5.79. The standard InChI is InChI=1S/C20H24N4O2/c1-13(2)24-19(23-17-9-6-10-21-20(17)24)14(3)22-18(25)12-15-7-5-8-16(11-15)26-4/h5-11,13-14H,12H2,1-4H3,(H,22,25). The van der Waals surface area contributed by atoms with Crippen LogP contribution in [-0.4, -0.2) is 27.6 Å². The van der Waals surface area contributed by atoms with Crippen molar-refractivity contribution in [2.24, 2.45) is 0 Å². The lowest BCUT2D eigenvalue weighted by atomic mass is 10.1. The average molecular weight is 352 g/mol. The number of ether oxygens (including phenoxy) is 1. The summed E-state index contributed by atoms with van der Waals surface area (Å²) in [6, 6.07) is 11.3. The van der Waals surface area contributed by atoms with Gasteiger partial charge in [-0.15, -0.1) is 0 Å². The molecule has 6 nitrogen and oxygen atoms in total. The van der Waals surface area contributed by atoms with Crippen LogP contribution in [0.15, 0.2) is 42.6 Å². The molecule has 3 aromatic rings. The summed E-state index contributed by atoms with van der Waals surface area (Å²) in [5, 5.41) is 3.05. The van der Waals surface area contributed by atoms with Gasteiger partial charge < -0.3 is 14.6 Å². The van der Waals surface area contributed by atoms with Gasteiger partial charge in [-0.1, -0.05) is 12.1 Å². The van der Waals surface area contributed by atoms with Gasteiger partial charge in [0.25, 0.3) is 0 Å². The van der Waals surface area contributed by atoms with E-state index in [1.54, 1.807) is 13.3 Å². The van der Waals surface area contributed by atoms with Crippen LogP contribution in [-0.2, 0) is 11.2 Å². The summed E-state index contributed by atoms with van der Waals surface area (Å²) in [7, 11) is 1.62. The molecule has 1 aromatic carbocycles. The van der Waals surface area contributed by atoms with E-state index in [-0.39, 0.29) is 18.0 Å². The number of amides is 1. The quantitative estimate of drug-likeness (QED) is 0.738. The molecule has 26 heavy (non-hydrogen) atoms. The van der Waals surface area contributed by atoms with Gasteiger partial charge in [-0.25, -0.2) is 9.97 Å². The largest absolute Gasteiger partial charge is 0.497 e. The molecule has 1 unspecified atom stereocenters. The molecule has 6 heteroatoms. The first-order chi connectivity index (χ1) is 12.5. The van der Waals surface area contributed by atoms with Crippen LogP contribution in [0.1, 0.15) is 44.2 Å². The number of benzene rings is 1. The fourth-order valence-electron chi connectivity index (χ4n) is 3.09. The predicted molar refractivity (Wildman–Crippen MR) is 101 cm³/mol. The van der Waals surface area contributed by atoms with E-state index in [0.29, 0.717) is 6.42 Å². The van der Waals surface area contributed by atoms with Crippen LogP contribution in [0.4, 0.5) is 0 Å². The van der Waals surface area contributed by atoms with E-state index in [4.69, 9.17) is 4.74 Å². The Morgan fingerprint density at radius 1 is 1.23 bits per heavy atom. The van der Waals surface area contributed by atoms with Gasteiger partial charge >= 0.3 is 0 Å². The predicted octanol–water partition coefficient (Wildman–Crippen LogP) is 3.44. The summed E-state index contributed by atoms with van der Waals surface area (Å²) in [6.07, 6.45) is 2.06. The Labute approximate surface area is 153 Å².